The quantitative estimate of drug-likeness (QED) is 0.423. The van der Waals surface area contributed by atoms with Crippen molar-refractivity contribution in [3.63, 3.8) is 0 Å². The van der Waals surface area contributed by atoms with Crippen LogP contribution in [0.4, 0.5) is 5.69 Å². The molecule has 0 aliphatic carbocycles. The monoisotopic (exact) mass is 318 g/mol. The first-order valence-corrected chi connectivity index (χ1v) is 6.66. The van der Waals surface area contributed by atoms with Gasteiger partial charge in [-0.2, -0.15) is 0 Å². The van der Waals surface area contributed by atoms with Crippen molar-refractivity contribution >= 4 is 39.1 Å². The molecule has 7 nitrogen and oxygen atoms in total. The number of aromatic nitrogens is 1. The lowest BCUT2D eigenvalue weighted by molar-refractivity contribution is -0.383. The van der Waals surface area contributed by atoms with E-state index in [1.165, 1.54) is 12.1 Å². The van der Waals surface area contributed by atoms with Crippen LogP contribution in [0.2, 0.25) is 5.02 Å². The SMILES string of the molecule is O=c1c2cc3c(cc2[nH]c2c([N+](=O)[O-])ccc(Cl)c12)OCO3. The predicted molar refractivity (Wildman–Crippen MR) is 79.9 cm³/mol. The second kappa shape index (κ2) is 4.35. The lowest BCUT2D eigenvalue weighted by atomic mass is 10.1. The summed E-state index contributed by atoms with van der Waals surface area (Å²) in [6, 6.07) is 5.74. The number of non-ortho nitro benzene ring substituents is 1. The van der Waals surface area contributed by atoms with Crippen LogP contribution in [-0.2, 0) is 0 Å². The number of ether oxygens (including phenoxy) is 2. The molecular formula is C14H7ClN2O5. The van der Waals surface area contributed by atoms with Gasteiger partial charge in [-0.05, 0) is 12.1 Å². The van der Waals surface area contributed by atoms with E-state index in [9.17, 15) is 14.9 Å². The molecule has 8 heteroatoms. The van der Waals surface area contributed by atoms with E-state index in [0.717, 1.165) is 0 Å². The average Bonchev–Trinajstić information content (AvgIpc) is 2.92. The lowest BCUT2D eigenvalue weighted by Gasteiger charge is -2.06. The Bertz CT molecular complexity index is 1030. The van der Waals surface area contributed by atoms with Gasteiger partial charge in [-0.1, -0.05) is 11.6 Å². The molecule has 1 aliphatic rings. The van der Waals surface area contributed by atoms with Gasteiger partial charge in [-0.15, -0.1) is 0 Å². The first-order valence-electron chi connectivity index (χ1n) is 6.28. The number of nitro groups is 1. The van der Waals surface area contributed by atoms with E-state index >= 15 is 0 Å². The van der Waals surface area contributed by atoms with Crippen LogP contribution in [0, 0.1) is 10.1 Å². The van der Waals surface area contributed by atoms with Crippen LogP contribution in [0.15, 0.2) is 29.1 Å². The minimum atomic E-state index is -0.562. The Morgan fingerprint density at radius 3 is 2.68 bits per heavy atom. The van der Waals surface area contributed by atoms with Crippen LogP contribution in [0.25, 0.3) is 21.8 Å². The number of aromatic amines is 1. The normalized spacial score (nSPS) is 13.0. The van der Waals surface area contributed by atoms with Crippen molar-refractivity contribution in [1.82, 2.24) is 4.98 Å². The predicted octanol–water partition coefficient (Wildman–Crippen LogP) is 2.97. The second-order valence-electron chi connectivity index (χ2n) is 4.78. The van der Waals surface area contributed by atoms with Gasteiger partial charge in [0.05, 0.1) is 26.2 Å². The molecule has 0 amide bonds. The van der Waals surface area contributed by atoms with Crippen molar-refractivity contribution in [2.75, 3.05) is 6.79 Å². The number of nitro benzene ring substituents is 1. The number of pyridine rings is 1. The summed E-state index contributed by atoms with van der Waals surface area (Å²) < 4.78 is 10.5. The molecule has 0 saturated heterocycles. The molecule has 2 aromatic carbocycles. The summed E-state index contributed by atoms with van der Waals surface area (Å²) in [4.78, 5) is 26.2. The standard InChI is InChI=1S/C14H7ClN2O5/c15-7-1-2-9(17(19)20)13-12(7)14(18)6-3-10-11(22-5-21-10)4-8(6)16-13/h1-4H,5H2,(H,16,18). The minimum absolute atomic E-state index is 0.0697. The molecule has 0 bridgehead atoms. The molecule has 2 heterocycles. The van der Waals surface area contributed by atoms with Crippen LogP contribution >= 0.6 is 11.6 Å². The van der Waals surface area contributed by atoms with Crippen molar-refractivity contribution in [2.45, 2.75) is 0 Å². The highest BCUT2D eigenvalue weighted by Gasteiger charge is 2.21. The fourth-order valence-electron chi connectivity index (χ4n) is 2.57. The number of hydrogen-bond acceptors (Lipinski definition) is 5. The Kier molecular flexibility index (Phi) is 2.55. The van der Waals surface area contributed by atoms with Crippen LogP contribution in [0.3, 0.4) is 0 Å². The zero-order valence-electron chi connectivity index (χ0n) is 10.9. The van der Waals surface area contributed by atoms with Crippen LogP contribution < -0.4 is 14.9 Å². The highest BCUT2D eigenvalue weighted by Crippen LogP contribution is 2.36. The third-order valence-electron chi connectivity index (χ3n) is 3.57. The number of nitrogens with one attached hydrogen (secondary N) is 1. The molecule has 110 valence electrons. The smallest absolute Gasteiger partial charge is 0.293 e. The van der Waals surface area contributed by atoms with E-state index < -0.39 is 10.4 Å². The van der Waals surface area contributed by atoms with Gasteiger partial charge in [0, 0.05) is 12.1 Å². The summed E-state index contributed by atoms with van der Waals surface area (Å²) in [5.41, 5.74) is -0.0900. The Labute approximate surface area is 127 Å². The van der Waals surface area contributed by atoms with Gasteiger partial charge in [0.25, 0.3) is 5.69 Å². The zero-order valence-corrected chi connectivity index (χ0v) is 11.6. The number of nitrogens with zero attached hydrogens (tertiary/aromatic N) is 1. The molecule has 1 aromatic heterocycles. The van der Waals surface area contributed by atoms with E-state index in [0.29, 0.717) is 22.4 Å². The molecule has 0 atom stereocenters. The van der Waals surface area contributed by atoms with Gasteiger partial charge in [0.2, 0.25) is 6.79 Å². The van der Waals surface area contributed by atoms with Crippen molar-refractivity contribution < 1.29 is 14.4 Å². The summed E-state index contributed by atoms with van der Waals surface area (Å²) in [7, 11) is 0. The molecule has 4 rings (SSSR count). The summed E-state index contributed by atoms with van der Waals surface area (Å²) in [6.07, 6.45) is 0. The first kappa shape index (κ1) is 12.9. The van der Waals surface area contributed by atoms with Gasteiger partial charge >= 0.3 is 0 Å². The van der Waals surface area contributed by atoms with Gasteiger partial charge in [0.1, 0.15) is 5.52 Å². The Hall–Kier alpha value is -2.80. The van der Waals surface area contributed by atoms with Gasteiger partial charge in [-0.25, -0.2) is 0 Å². The highest BCUT2D eigenvalue weighted by molar-refractivity contribution is 6.36. The Balaban J connectivity index is 2.22. The fraction of sp³-hybridized carbons (Fsp3) is 0.0714. The molecule has 22 heavy (non-hydrogen) atoms. The second-order valence-corrected chi connectivity index (χ2v) is 5.19. The maximum absolute atomic E-state index is 12.7. The first-order chi connectivity index (χ1) is 10.6. The third-order valence-corrected chi connectivity index (χ3v) is 3.89. The van der Waals surface area contributed by atoms with Crippen molar-refractivity contribution in [2.24, 2.45) is 0 Å². The van der Waals surface area contributed by atoms with E-state index in [-0.39, 0.29) is 28.4 Å². The number of rotatable bonds is 1. The number of hydrogen-bond donors (Lipinski definition) is 1. The number of H-pyrrole nitrogens is 1. The van der Waals surface area contributed by atoms with Crippen LogP contribution in [-0.4, -0.2) is 16.7 Å². The molecule has 1 N–H and O–H groups in total. The van der Waals surface area contributed by atoms with Crippen molar-refractivity contribution in [1.29, 1.82) is 0 Å². The highest BCUT2D eigenvalue weighted by atomic mass is 35.5. The maximum Gasteiger partial charge on any atom is 0.293 e. The summed E-state index contributed by atoms with van der Waals surface area (Å²) >= 11 is 6.06. The maximum atomic E-state index is 12.7. The molecular weight excluding hydrogens is 312 g/mol. The van der Waals surface area contributed by atoms with Crippen molar-refractivity contribution in [3.8, 4) is 11.5 Å². The van der Waals surface area contributed by atoms with E-state index in [2.05, 4.69) is 4.98 Å². The molecule has 0 fully saturated rings. The lowest BCUT2D eigenvalue weighted by Crippen LogP contribution is -2.06. The molecule has 0 radical (unpaired) electrons. The Morgan fingerprint density at radius 2 is 1.95 bits per heavy atom. The molecule has 0 spiro atoms. The van der Waals surface area contributed by atoms with Crippen LogP contribution in [0.5, 0.6) is 11.5 Å². The molecule has 0 saturated carbocycles. The Morgan fingerprint density at radius 1 is 1.23 bits per heavy atom. The zero-order chi connectivity index (χ0) is 15.4. The van der Waals surface area contributed by atoms with Crippen molar-refractivity contribution in [3.05, 3.63) is 49.6 Å². The summed E-state index contributed by atoms with van der Waals surface area (Å²) in [6.45, 7) is 0.0697. The van der Waals surface area contributed by atoms with Crippen LogP contribution in [0.1, 0.15) is 0 Å². The molecule has 0 unspecified atom stereocenters. The third kappa shape index (κ3) is 1.66. The minimum Gasteiger partial charge on any atom is -0.454 e. The molecule has 1 aliphatic heterocycles. The summed E-state index contributed by atoms with van der Waals surface area (Å²) in [5.74, 6) is 0.936. The number of benzene rings is 2. The van der Waals surface area contributed by atoms with E-state index in [1.54, 1.807) is 12.1 Å². The topological polar surface area (TPSA) is 94.5 Å². The number of halogens is 1. The molecule has 3 aromatic rings. The van der Waals surface area contributed by atoms with Gasteiger partial charge < -0.3 is 14.5 Å². The summed E-state index contributed by atoms with van der Waals surface area (Å²) in [5, 5.41) is 11.7. The van der Waals surface area contributed by atoms with E-state index in [4.69, 9.17) is 21.1 Å². The largest absolute Gasteiger partial charge is 0.454 e. The van der Waals surface area contributed by atoms with E-state index in [1.807, 2.05) is 0 Å². The van der Waals surface area contributed by atoms with Gasteiger partial charge in [0.15, 0.2) is 16.9 Å². The number of fused-ring (bicyclic) bond motifs is 3. The fourth-order valence-corrected chi connectivity index (χ4v) is 2.81. The average molecular weight is 319 g/mol. The van der Waals surface area contributed by atoms with Gasteiger partial charge in [-0.3, -0.25) is 14.9 Å².